The van der Waals surface area contributed by atoms with Crippen molar-refractivity contribution in [1.29, 1.82) is 0 Å². The van der Waals surface area contributed by atoms with Crippen LogP contribution >= 0.6 is 0 Å². The molecule has 1 amide bonds. The SMILES string of the molecule is C=C(CC)C(=O)Nc1cccc(-c2nc(CC)nc3[nH]cc(C(=O)O)c23)c1. The second-order valence-electron chi connectivity index (χ2n) is 6.07. The van der Waals surface area contributed by atoms with E-state index in [-0.39, 0.29) is 11.5 Å². The van der Waals surface area contributed by atoms with Gasteiger partial charge in [0.1, 0.15) is 11.5 Å². The van der Waals surface area contributed by atoms with Gasteiger partial charge < -0.3 is 15.4 Å². The van der Waals surface area contributed by atoms with E-state index in [0.717, 1.165) is 0 Å². The molecular weight excluding hydrogens is 344 g/mol. The number of aromatic nitrogens is 3. The number of hydrogen-bond donors (Lipinski definition) is 3. The van der Waals surface area contributed by atoms with Crippen LogP contribution in [-0.4, -0.2) is 31.9 Å². The summed E-state index contributed by atoms with van der Waals surface area (Å²) in [4.78, 5) is 35.5. The van der Waals surface area contributed by atoms with Crippen molar-refractivity contribution in [3.05, 3.63) is 54.0 Å². The number of carbonyl (C=O) groups excluding carboxylic acids is 1. The number of benzene rings is 1. The number of hydrogen-bond acceptors (Lipinski definition) is 4. The standard InChI is InChI=1S/C20H20N4O3/c1-4-11(3)19(25)22-13-8-6-7-12(9-13)17-16-14(20(26)27)10-21-18(16)24-15(5-2)23-17/h6-10H,3-5H2,1-2H3,(H,22,25)(H,26,27)(H,21,23,24). The predicted molar refractivity (Wildman–Crippen MR) is 104 cm³/mol. The van der Waals surface area contributed by atoms with Gasteiger partial charge in [0.05, 0.1) is 16.6 Å². The summed E-state index contributed by atoms with van der Waals surface area (Å²) in [5.74, 6) is -0.700. The first kappa shape index (κ1) is 18.3. The number of aryl methyl sites for hydroxylation is 1. The largest absolute Gasteiger partial charge is 0.478 e. The lowest BCUT2D eigenvalue weighted by Gasteiger charge is -2.10. The van der Waals surface area contributed by atoms with E-state index in [1.165, 1.54) is 6.20 Å². The van der Waals surface area contributed by atoms with Crippen molar-refractivity contribution in [2.24, 2.45) is 0 Å². The minimum absolute atomic E-state index is 0.108. The fraction of sp³-hybridized carbons (Fsp3) is 0.200. The van der Waals surface area contributed by atoms with Gasteiger partial charge >= 0.3 is 5.97 Å². The molecule has 7 nitrogen and oxygen atoms in total. The number of aromatic amines is 1. The quantitative estimate of drug-likeness (QED) is 0.577. The highest BCUT2D eigenvalue weighted by Crippen LogP contribution is 2.30. The molecule has 0 saturated carbocycles. The second kappa shape index (κ2) is 7.41. The number of carboxylic acid groups (broad SMARTS) is 1. The van der Waals surface area contributed by atoms with Crippen molar-refractivity contribution in [2.45, 2.75) is 26.7 Å². The number of aromatic carboxylic acids is 1. The Hall–Kier alpha value is -3.48. The van der Waals surface area contributed by atoms with Crippen LogP contribution in [0.25, 0.3) is 22.3 Å². The van der Waals surface area contributed by atoms with Crippen molar-refractivity contribution in [3.8, 4) is 11.3 Å². The van der Waals surface area contributed by atoms with Crippen LogP contribution in [0.2, 0.25) is 0 Å². The third-order valence-corrected chi connectivity index (χ3v) is 4.27. The first-order chi connectivity index (χ1) is 12.9. The molecule has 0 aliphatic heterocycles. The van der Waals surface area contributed by atoms with Gasteiger partial charge in [0.25, 0.3) is 5.91 Å². The third kappa shape index (κ3) is 3.57. The predicted octanol–water partition coefficient (Wildman–Crippen LogP) is 3.79. The van der Waals surface area contributed by atoms with Crippen molar-refractivity contribution in [2.75, 3.05) is 5.32 Å². The average Bonchev–Trinajstić information content (AvgIpc) is 3.10. The molecule has 7 heteroatoms. The number of H-pyrrole nitrogens is 1. The Labute approximate surface area is 156 Å². The number of rotatable bonds is 6. The normalized spacial score (nSPS) is 10.7. The molecule has 0 radical (unpaired) electrons. The van der Waals surface area contributed by atoms with Gasteiger partial charge in [-0.1, -0.05) is 32.6 Å². The summed E-state index contributed by atoms with van der Waals surface area (Å²) in [6.45, 7) is 7.53. The Kier molecular flexibility index (Phi) is 5.03. The van der Waals surface area contributed by atoms with E-state index in [1.807, 2.05) is 19.9 Å². The van der Waals surface area contributed by atoms with Gasteiger partial charge in [-0.3, -0.25) is 4.79 Å². The van der Waals surface area contributed by atoms with Crippen LogP contribution in [0.4, 0.5) is 5.69 Å². The summed E-state index contributed by atoms with van der Waals surface area (Å²) >= 11 is 0. The highest BCUT2D eigenvalue weighted by Gasteiger charge is 2.19. The molecule has 0 aliphatic rings. The lowest BCUT2D eigenvalue weighted by atomic mass is 10.0. The van der Waals surface area contributed by atoms with Gasteiger partial charge in [0.15, 0.2) is 0 Å². The van der Waals surface area contributed by atoms with Gasteiger partial charge in [-0.15, -0.1) is 0 Å². The third-order valence-electron chi connectivity index (χ3n) is 4.27. The molecule has 27 heavy (non-hydrogen) atoms. The average molecular weight is 364 g/mol. The van der Waals surface area contributed by atoms with Crippen molar-refractivity contribution >= 4 is 28.6 Å². The molecule has 3 N–H and O–H groups in total. The molecule has 2 heterocycles. The van der Waals surface area contributed by atoms with Crippen molar-refractivity contribution in [1.82, 2.24) is 15.0 Å². The first-order valence-corrected chi connectivity index (χ1v) is 8.65. The minimum atomic E-state index is -1.06. The van der Waals surface area contributed by atoms with E-state index >= 15 is 0 Å². The van der Waals surface area contributed by atoms with Gasteiger partial charge in [0.2, 0.25) is 0 Å². The molecule has 0 aliphatic carbocycles. The van der Waals surface area contributed by atoms with E-state index in [1.54, 1.807) is 18.2 Å². The van der Waals surface area contributed by atoms with Crippen LogP contribution in [0.5, 0.6) is 0 Å². The monoisotopic (exact) mass is 364 g/mol. The molecule has 0 unspecified atom stereocenters. The number of nitrogens with zero attached hydrogens (tertiary/aromatic N) is 2. The fourth-order valence-corrected chi connectivity index (χ4v) is 2.74. The highest BCUT2D eigenvalue weighted by atomic mass is 16.4. The Morgan fingerprint density at radius 1 is 1.26 bits per heavy atom. The molecule has 0 saturated heterocycles. The Morgan fingerprint density at radius 3 is 2.70 bits per heavy atom. The summed E-state index contributed by atoms with van der Waals surface area (Å²) in [7, 11) is 0. The minimum Gasteiger partial charge on any atom is -0.478 e. The van der Waals surface area contributed by atoms with E-state index in [4.69, 9.17) is 0 Å². The Balaban J connectivity index is 2.13. The topological polar surface area (TPSA) is 108 Å². The second-order valence-corrected chi connectivity index (χ2v) is 6.07. The van der Waals surface area contributed by atoms with Gasteiger partial charge in [-0.05, 0) is 18.6 Å². The number of amides is 1. The highest BCUT2D eigenvalue weighted by molar-refractivity contribution is 6.08. The van der Waals surface area contributed by atoms with E-state index in [2.05, 4.69) is 26.8 Å². The smallest absolute Gasteiger partial charge is 0.338 e. The lowest BCUT2D eigenvalue weighted by molar-refractivity contribution is -0.112. The number of anilines is 1. The molecule has 0 spiro atoms. The molecule has 3 rings (SSSR count). The van der Waals surface area contributed by atoms with Crippen LogP contribution < -0.4 is 5.32 Å². The molecule has 138 valence electrons. The van der Waals surface area contributed by atoms with Crippen LogP contribution in [0.15, 0.2) is 42.6 Å². The van der Waals surface area contributed by atoms with E-state index in [0.29, 0.717) is 52.2 Å². The Bertz CT molecular complexity index is 1050. The van der Waals surface area contributed by atoms with E-state index in [9.17, 15) is 14.7 Å². The molecular formula is C20H20N4O3. The van der Waals surface area contributed by atoms with Crippen LogP contribution in [0, 0.1) is 0 Å². The zero-order valence-electron chi connectivity index (χ0n) is 15.2. The Morgan fingerprint density at radius 2 is 2.04 bits per heavy atom. The summed E-state index contributed by atoms with van der Waals surface area (Å²) in [5.41, 5.74) is 2.86. The fourth-order valence-electron chi connectivity index (χ4n) is 2.74. The van der Waals surface area contributed by atoms with Crippen molar-refractivity contribution in [3.63, 3.8) is 0 Å². The van der Waals surface area contributed by atoms with Gasteiger partial charge in [-0.25, -0.2) is 14.8 Å². The van der Waals surface area contributed by atoms with Crippen molar-refractivity contribution < 1.29 is 14.7 Å². The molecule has 0 fully saturated rings. The summed E-state index contributed by atoms with van der Waals surface area (Å²) < 4.78 is 0. The first-order valence-electron chi connectivity index (χ1n) is 8.65. The zero-order valence-corrected chi connectivity index (χ0v) is 15.2. The van der Waals surface area contributed by atoms with Crippen LogP contribution in [-0.2, 0) is 11.2 Å². The molecule has 0 bridgehead atoms. The summed E-state index contributed by atoms with van der Waals surface area (Å²) in [6, 6.07) is 7.13. The molecule has 0 atom stereocenters. The molecule has 2 aromatic heterocycles. The zero-order chi connectivity index (χ0) is 19.6. The molecule has 1 aromatic carbocycles. The number of carboxylic acids is 1. The maximum atomic E-state index is 12.1. The number of carbonyl (C=O) groups is 2. The van der Waals surface area contributed by atoms with Gasteiger partial charge in [0, 0.05) is 29.4 Å². The molecule has 3 aromatic rings. The summed E-state index contributed by atoms with van der Waals surface area (Å²) in [5, 5.41) is 12.7. The van der Waals surface area contributed by atoms with Crippen LogP contribution in [0.3, 0.4) is 0 Å². The number of fused-ring (bicyclic) bond motifs is 1. The lowest BCUT2D eigenvalue weighted by Crippen LogP contribution is -2.13. The van der Waals surface area contributed by atoms with Gasteiger partial charge in [-0.2, -0.15) is 0 Å². The van der Waals surface area contributed by atoms with E-state index < -0.39 is 5.97 Å². The maximum Gasteiger partial charge on any atom is 0.338 e. The maximum absolute atomic E-state index is 12.1. The van der Waals surface area contributed by atoms with Crippen LogP contribution in [0.1, 0.15) is 36.5 Å². The number of nitrogens with one attached hydrogen (secondary N) is 2. The summed E-state index contributed by atoms with van der Waals surface area (Å²) in [6.07, 6.45) is 2.59.